The van der Waals surface area contributed by atoms with Crippen LogP contribution in [-0.2, 0) is 4.79 Å². The van der Waals surface area contributed by atoms with Crippen molar-refractivity contribution in [2.45, 2.75) is 0 Å². The smallest absolute Gasteiger partial charge is 0.247 e. The van der Waals surface area contributed by atoms with Crippen LogP contribution < -0.4 is 5.32 Å². The van der Waals surface area contributed by atoms with Gasteiger partial charge in [-0.25, -0.2) is 0 Å². The van der Waals surface area contributed by atoms with Crippen LogP contribution in [0.1, 0.15) is 15.9 Å². The first-order chi connectivity index (χ1) is 11.0. The molecule has 0 radical (unpaired) electrons. The van der Waals surface area contributed by atoms with Gasteiger partial charge in [0.15, 0.2) is 5.78 Å². The van der Waals surface area contributed by atoms with E-state index in [0.717, 1.165) is 0 Å². The minimum absolute atomic E-state index is 0.178. The quantitative estimate of drug-likeness (QED) is 0.611. The third-order valence-corrected chi connectivity index (χ3v) is 3.85. The average Bonchev–Trinajstić information content (AvgIpc) is 2.56. The van der Waals surface area contributed by atoms with Crippen molar-refractivity contribution < 1.29 is 9.59 Å². The fourth-order valence-electron chi connectivity index (χ4n) is 1.82. The number of hydrogen-bond acceptors (Lipinski definition) is 2. The Morgan fingerprint density at radius 2 is 1.74 bits per heavy atom. The lowest BCUT2D eigenvalue weighted by Gasteiger charge is -2.03. The molecule has 0 unspecified atom stereocenters. The van der Waals surface area contributed by atoms with E-state index in [0.29, 0.717) is 26.9 Å². The second-order valence-electron chi connectivity index (χ2n) is 4.61. The van der Waals surface area contributed by atoms with Crippen molar-refractivity contribution in [2.75, 3.05) is 5.32 Å². The first-order valence-corrected chi connectivity index (χ1v) is 7.47. The fourth-order valence-corrected chi connectivity index (χ4v) is 2.19. The molecule has 23 heavy (non-hydrogen) atoms. The molecule has 0 aliphatic rings. The number of carbonyl (C=O) groups is 2. The largest absolute Gasteiger partial charge is 0.323 e. The number of rotatable bonds is 5. The highest BCUT2D eigenvalue weighted by Gasteiger charge is 2.05. The van der Waals surface area contributed by atoms with Crippen LogP contribution in [0.2, 0.25) is 10.0 Å². The average molecular weight is 346 g/mol. The zero-order valence-corrected chi connectivity index (χ0v) is 13.6. The number of carbonyl (C=O) groups excluding carboxylic acids is 2. The predicted octanol–water partition coefficient (Wildman–Crippen LogP) is 5.01. The molecule has 0 spiro atoms. The van der Waals surface area contributed by atoms with Gasteiger partial charge in [-0.1, -0.05) is 41.9 Å². The van der Waals surface area contributed by atoms with Gasteiger partial charge in [-0.3, -0.25) is 9.59 Å². The molecule has 2 aromatic carbocycles. The summed E-state index contributed by atoms with van der Waals surface area (Å²) in [4.78, 5) is 23.3. The molecule has 0 aliphatic carbocycles. The second-order valence-corrected chi connectivity index (χ2v) is 5.40. The SMILES string of the molecule is C=CC(=O)Nc1ccc(C(=O)C=Cc2cccc(Cl)c2Cl)cc1. The molecule has 116 valence electrons. The molecule has 0 saturated heterocycles. The van der Waals surface area contributed by atoms with Crippen LogP contribution in [0.4, 0.5) is 5.69 Å². The second kappa shape index (κ2) is 7.77. The Balaban J connectivity index is 2.11. The third-order valence-electron chi connectivity index (χ3n) is 3.02. The van der Waals surface area contributed by atoms with Gasteiger partial charge in [0, 0.05) is 11.3 Å². The number of ketones is 1. The molecule has 0 aromatic heterocycles. The number of hydrogen-bond donors (Lipinski definition) is 1. The monoisotopic (exact) mass is 345 g/mol. The van der Waals surface area contributed by atoms with E-state index in [4.69, 9.17) is 23.2 Å². The van der Waals surface area contributed by atoms with Gasteiger partial charge in [0.25, 0.3) is 0 Å². The number of halogens is 2. The Morgan fingerprint density at radius 1 is 1.04 bits per heavy atom. The van der Waals surface area contributed by atoms with E-state index in [1.807, 2.05) is 0 Å². The molecule has 0 fully saturated rings. The lowest BCUT2D eigenvalue weighted by Crippen LogP contribution is -2.07. The van der Waals surface area contributed by atoms with Crippen LogP contribution in [0.5, 0.6) is 0 Å². The number of amides is 1. The minimum Gasteiger partial charge on any atom is -0.323 e. The number of benzene rings is 2. The Bertz CT molecular complexity index is 780. The van der Waals surface area contributed by atoms with Crippen LogP contribution >= 0.6 is 23.2 Å². The van der Waals surface area contributed by atoms with E-state index in [2.05, 4.69) is 11.9 Å². The van der Waals surface area contributed by atoms with Crippen LogP contribution in [0, 0.1) is 0 Å². The van der Waals surface area contributed by atoms with E-state index < -0.39 is 0 Å². The Labute approximate surface area is 144 Å². The fraction of sp³-hybridized carbons (Fsp3) is 0. The summed E-state index contributed by atoms with van der Waals surface area (Å²) in [5.74, 6) is -0.484. The zero-order valence-electron chi connectivity index (χ0n) is 12.1. The van der Waals surface area contributed by atoms with Gasteiger partial charge in [0.1, 0.15) is 0 Å². The van der Waals surface area contributed by atoms with Crippen LogP contribution in [0.3, 0.4) is 0 Å². The van der Waals surface area contributed by atoms with Gasteiger partial charge >= 0.3 is 0 Å². The third kappa shape index (κ3) is 4.55. The van der Waals surface area contributed by atoms with Crippen LogP contribution in [-0.4, -0.2) is 11.7 Å². The highest BCUT2D eigenvalue weighted by atomic mass is 35.5. The predicted molar refractivity (Wildman–Crippen MR) is 95.1 cm³/mol. The highest BCUT2D eigenvalue weighted by Crippen LogP contribution is 2.26. The van der Waals surface area contributed by atoms with Gasteiger partial charge in [-0.05, 0) is 54.1 Å². The van der Waals surface area contributed by atoms with Crippen molar-refractivity contribution in [1.82, 2.24) is 0 Å². The van der Waals surface area contributed by atoms with Crippen molar-refractivity contribution in [3.05, 3.63) is 82.4 Å². The molecule has 2 aromatic rings. The number of allylic oxidation sites excluding steroid dienone is 1. The summed E-state index contributed by atoms with van der Waals surface area (Å²) in [6.45, 7) is 3.37. The highest BCUT2D eigenvalue weighted by molar-refractivity contribution is 6.42. The van der Waals surface area contributed by atoms with Gasteiger partial charge in [-0.2, -0.15) is 0 Å². The summed E-state index contributed by atoms with van der Waals surface area (Å²) < 4.78 is 0. The van der Waals surface area contributed by atoms with Crippen molar-refractivity contribution in [2.24, 2.45) is 0 Å². The lowest BCUT2D eigenvalue weighted by atomic mass is 10.1. The molecule has 0 bridgehead atoms. The zero-order chi connectivity index (χ0) is 16.8. The number of anilines is 1. The molecule has 1 N–H and O–H groups in total. The topological polar surface area (TPSA) is 46.2 Å². The summed E-state index contributed by atoms with van der Waals surface area (Å²) in [6, 6.07) is 11.8. The molecule has 0 atom stereocenters. The standard InChI is InChI=1S/C18H13Cl2NO2/c1-2-17(23)21-14-9-6-12(7-10-14)16(22)11-8-13-4-3-5-15(19)18(13)20/h2-11H,1H2,(H,21,23). The lowest BCUT2D eigenvalue weighted by molar-refractivity contribution is -0.111. The summed E-state index contributed by atoms with van der Waals surface area (Å²) in [5, 5.41) is 3.45. The molecule has 2 rings (SSSR count). The number of nitrogens with one attached hydrogen (secondary N) is 1. The van der Waals surface area contributed by atoms with Crippen molar-refractivity contribution >= 4 is 46.7 Å². The first kappa shape index (κ1) is 17.0. The maximum absolute atomic E-state index is 12.1. The van der Waals surface area contributed by atoms with Crippen LogP contribution in [0.15, 0.2) is 61.2 Å². The van der Waals surface area contributed by atoms with E-state index in [1.54, 1.807) is 48.5 Å². The molecule has 0 heterocycles. The van der Waals surface area contributed by atoms with E-state index >= 15 is 0 Å². The van der Waals surface area contributed by atoms with E-state index in [1.165, 1.54) is 12.2 Å². The summed E-state index contributed by atoms with van der Waals surface area (Å²) in [5.41, 5.74) is 1.76. The van der Waals surface area contributed by atoms with Crippen molar-refractivity contribution in [1.29, 1.82) is 0 Å². The van der Waals surface area contributed by atoms with E-state index in [9.17, 15) is 9.59 Å². The molecule has 1 amide bonds. The molecule has 0 saturated carbocycles. The molecule has 0 aliphatic heterocycles. The van der Waals surface area contributed by atoms with Crippen molar-refractivity contribution in [3.63, 3.8) is 0 Å². The summed E-state index contributed by atoms with van der Waals surface area (Å²) >= 11 is 12.0. The molecule has 5 heteroatoms. The Kier molecular flexibility index (Phi) is 5.74. The van der Waals surface area contributed by atoms with E-state index in [-0.39, 0.29) is 11.7 Å². The normalized spacial score (nSPS) is 10.5. The summed E-state index contributed by atoms with van der Waals surface area (Å²) in [7, 11) is 0. The summed E-state index contributed by atoms with van der Waals surface area (Å²) in [6.07, 6.45) is 4.22. The molecule has 3 nitrogen and oxygen atoms in total. The molecular weight excluding hydrogens is 333 g/mol. The van der Waals surface area contributed by atoms with Gasteiger partial charge in [0.05, 0.1) is 10.0 Å². The molecular formula is C18H13Cl2NO2. The van der Waals surface area contributed by atoms with Crippen molar-refractivity contribution in [3.8, 4) is 0 Å². The van der Waals surface area contributed by atoms with Gasteiger partial charge < -0.3 is 5.32 Å². The van der Waals surface area contributed by atoms with Gasteiger partial charge in [0.2, 0.25) is 5.91 Å². The van der Waals surface area contributed by atoms with Gasteiger partial charge in [-0.15, -0.1) is 0 Å². The van der Waals surface area contributed by atoms with Crippen LogP contribution in [0.25, 0.3) is 6.08 Å². The maximum Gasteiger partial charge on any atom is 0.247 e. The minimum atomic E-state index is -0.306. The Morgan fingerprint density at radius 3 is 2.39 bits per heavy atom. The maximum atomic E-state index is 12.1. The Hall–Kier alpha value is -2.36. The first-order valence-electron chi connectivity index (χ1n) is 6.71.